The van der Waals surface area contributed by atoms with Gasteiger partial charge in [-0.2, -0.15) is 0 Å². The minimum Gasteiger partial charge on any atom is -0.497 e. The second kappa shape index (κ2) is 11.4. The van der Waals surface area contributed by atoms with Crippen LogP contribution in [-0.4, -0.2) is 48.7 Å². The first-order valence-electron chi connectivity index (χ1n) is 15.8. The molecule has 9 heteroatoms. The number of hydrogen-bond acceptors (Lipinski definition) is 5. The van der Waals surface area contributed by atoms with Gasteiger partial charge in [0, 0.05) is 18.1 Å². The van der Waals surface area contributed by atoms with Crippen molar-refractivity contribution < 1.29 is 19.4 Å². The summed E-state index contributed by atoms with van der Waals surface area (Å²) in [6, 6.07) is 31.4. The monoisotopic (exact) mass is 633 g/mol. The number of nitrogens with one attached hydrogen (secondary N) is 1. The molecule has 1 spiro atoms. The number of fused-ring (bicyclic) bond motifs is 3. The maximum atomic E-state index is 15.0. The molecule has 7 rings (SSSR count). The number of aromatic amines is 1. The van der Waals surface area contributed by atoms with Crippen LogP contribution in [0.1, 0.15) is 24.5 Å². The zero-order chi connectivity index (χ0) is 32.2. The van der Waals surface area contributed by atoms with E-state index in [1.54, 1.807) is 11.8 Å². The molecule has 0 unspecified atom stereocenters. The van der Waals surface area contributed by atoms with Crippen molar-refractivity contribution in [2.24, 2.45) is 5.92 Å². The van der Waals surface area contributed by atoms with Crippen LogP contribution in [0.25, 0.3) is 16.6 Å². The molecular weight excluding hydrogens is 595 g/mol. The summed E-state index contributed by atoms with van der Waals surface area (Å²) in [6.45, 7) is 7.13. The fourth-order valence-electron chi connectivity index (χ4n) is 8.00. The van der Waals surface area contributed by atoms with Crippen molar-refractivity contribution >= 4 is 35.8 Å². The number of hydrogen-bond donors (Lipinski definition) is 2. The van der Waals surface area contributed by atoms with Crippen LogP contribution in [0.2, 0.25) is 18.6 Å². The molecule has 1 amide bonds. The predicted octanol–water partition coefficient (Wildman–Crippen LogP) is 5.47. The van der Waals surface area contributed by atoms with Crippen LogP contribution in [0.3, 0.4) is 0 Å². The summed E-state index contributed by atoms with van der Waals surface area (Å²) in [5, 5.41) is 15.3. The Bertz CT molecular complexity index is 1970. The van der Waals surface area contributed by atoms with Gasteiger partial charge in [-0.15, -0.1) is 0 Å². The van der Waals surface area contributed by atoms with Gasteiger partial charge in [0.1, 0.15) is 5.75 Å². The first-order chi connectivity index (χ1) is 22.2. The number of nitrogens with zero attached hydrogens (tertiary/aromatic N) is 2. The molecule has 4 atom stereocenters. The molecule has 8 nitrogen and oxygen atoms in total. The molecule has 0 bridgehead atoms. The van der Waals surface area contributed by atoms with E-state index in [2.05, 4.69) is 37.2 Å². The van der Waals surface area contributed by atoms with Gasteiger partial charge in [0.15, 0.2) is 5.60 Å². The van der Waals surface area contributed by atoms with E-state index in [4.69, 9.17) is 9.47 Å². The van der Waals surface area contributed by atoms with Gasteiger partial charge in [-0.3, -0.25) is 14.7 Å². The van der Waals surface area contributed by atoms with Crippen LogP contribution < -0.4 is 20.4 Å². The Morgan fingerprint density at radius 3 is 2.37 bits per heavy atom. The zero-order valence-corrected chi connectivity index (χ0v) is 27.6. The number of benzene rings is 4. The minimum absolute atomic E-state index is 0.0148. The molecule has 236 valence electrons. The molecule has 1 aromatic heterocycles. The number of anilines is 1. The number of carbonyl (C=O) groups excluding carboxylic acids is 1. The summed E-state index contributed by atoms with van der Waals surface area (Å²) >= 11 is 0. The third-order valence-electron chi connectivity index (χ3n) is 10.3. The highest BCUT2D eigenvalue weighted by molar-refractivity contribution is 6.91. The maximum absolute atomic E-state index is 15.0. The lowest BCUT2D eigenvalue weighted by molar-refractivity contribution is -0.146. The SMILES string of the molecule is COc1ccc([Si](C)(C)[C@H]2[C@H](CCO)O[C@@]3(C(=O)N(Cc4ccccc4)c4ccc(-n5[nH]c6ccccc6c5=O)cc43)[C@@H]2C)cc1. The summed E-state index contributed by atoms with van der Waals surface area (Å²) in [7, 11) is -0.658. The lowest BCUT2D eigenvalue weighted by Gasteiger charge is -2.37. The summed E-state index contributed by atoms with van der Waals surface area (Å²) < 4.78 is 14.1. The Morgan fingerprint density at radius 1 is 0.957 bits per heavy atom. The van der Waals surface area contributed by atoms with E-state index in [0.29, 0.717) is 24.0 Å². The van der Waals surface area contributed by atoms with E-state index in [0.717, 1.165) is 28.1 Å². The molecule has 4 aromatic carbocycles. The average molecular weight is 634 g/mol. The second-order valence-corrected chi connectivity index (χ2v) is 17.7. The van der Waals surface area contributed by atoms with Crippen LogP contribution >= 0.6 is 0 Å². The highest BCUT2D eigenvalue weighted by atomic mass is 28.3. The largest absolute Gasteiger partial charge is 0.497 e. The summed E-state index contributed by atoms with van der Waals surface area (Å²) in [6.07, 6.45) is 0.0860. The molecule has 0 saturated carbocycles. The van der Waals surface area contributed by atoms with Gasteiger partial charge in [0.2, 0.25) is 0 Å². The Hall–Kier alpha value is -4.44. The average Bonchev–Trinajstić information content (AvgIpc) is 3.65. The van der Waals surface area contributed by atoms with Gasteiger partial charge < -0.3 is 19.5 Å². The van der Waals surface area contributed by atoms with Crippen LogP contribution in [0.15, 0.2) is 102 Å². The number of amides is 1. The second-order valence-electron chi connectivity index (χ2n) is 13.0. The van der Waals surface area contributed by atoms with Gasteiger partial charge in [-0.25, -0.2) is 4.68 Å². The standard InChI is InChI=1S/C37H39N3O5Si/c1-24-34(46(3,4)28-17-15-27(44-2)16-18-28)33(20-21-41)45-37(24)30-22-26(40-35(42)29-12-8-9-13-31(29)38-40)14-19-32(30)39(36(37)43)23-25-10-6-5-7-11-25/h5-19,22,24,33-34,38,41H,20-21,23H2,1-4H3/t24-,33+,34-,37+/m1/s1. The first kappa shape index (κ1) is 30.2. The number of aliphatic hydroxyl groups excluding tert-OH is 1. The molecule has 5 aromatic rings. The molecule has 0 radical (unpaired) electrons. The molecule has 2 aliphatic heterocycles. The van der Waals surface area contributed by atoms with Crippen LogP contribution in [0.4, 0.5) is 5.69 Å². The Morgan fingerprint density at radius 2 is 1.67 bits per heavy atom. The molecule has 3 heterocycles. The third kappa shape index (κ3) is 4.56. The number of rotatable bonds is 8. The van der Waals surface area contributed by atoms with E-state index >= 15 is 0 Å². The lowest BCUT2D eigenvalue weighted by atomic mass is 9.82. The fourth-order valence-corrected chi connectivity index (χ4v) is 12.1. The van der Waals surface area contributed by atoms with E-state index < -0.39 is 13.7 Å². The van der Waals surface area contributed by atoms with E-state index in [1.807, 2.05) is 89.8 Å². The number of aliphatic hydroxyl groups is 1. The Kier molecular flexibility index (Phi) is 7.50. The molecule has 46 heavy (non-hydrogen) atoms. The number of methoxy groups -OCH3 is 1. The number of carbonyl (C=O) groups is 1. The highest BCUT2D eigenvalue weighted by Gasteiger charge is 2.66. The molecule has 1 fully saturated rings. The number of ether oxygens (including phenoxy) is 2. The number of H-pyrrole nitrogens is 1. The topological polar surface area (TPSA) is 96.8 Å². The van der Waals surface area contributed by atoms with Crippen molar-refractivity contribution in [2.75, 3.05) is 18.6 Å². The third-order valence-corrected chi connectivity index (χ3v) is 14.6. The summed E-state index contributed by atoms with van der Waals surface area (Å²) in [5.74, 6) is 0.475. The summed E-state index contributed by atoms with van der Waals surface area (Å²) in [5.41, 5.74) is 2.51. The molecule has 1 saturated heterocycles. The molecular formula is C37H39N3O5Si. The van der Waals surface area contributed by atoms with Gasteiger partial charge >= 0.3 is 0 Å². The molecule has 2 N–H and O–H groups in total. The van der Waals surface area contributed by atoms with Crippen molar-refractivity contribution in [3.05, 3.63) is 119 Å². The minimum atomic E-state index is -2.32. The Labute approximate surface area is 269 Å². The number of aromatic nitrogens is 2. The van der Waals surface area contributed by atoms with Crippen LogP contribution in [-0.2, 0) is 21.7 Å². The van der Waals surface area contributed by atoms with Gasteiger partial charge in [-0.05, 0) is 60.0 Å². The van der Waals surface area contributed by atoms with Crippen LogP contribution in [0, 0.1) is 5.92 Å². The van der Waals surface area contributed by atoms with E-state index in [1.165, 1.54) is 5.19 Å². The van der Waals surface area contributed by atoms with Crippen molar-refractivity contribution in [2.45, 2.75) is 50.2 Å². The van der Waals surface area contributed by atoms with Gasteiger partial charge in [-0.1, -0.05) is 79.8 Å². The Balaban J connectivity index is 1.39. The maximum Gasteiger partial charge on any atom is 0.279 e. The smallest absolute Gasteiger partial charge is 0.279 e. The number of para-hydroxylation sites is 1. The van der Waals surface area contributed by atoms with Crippen LogP contribution in [0.5, 0.6) is 5.75 Å². The first-order valence-corrected chi connectivity index (χ1v) is 18.9. The van der Waals surface area contributed by atoms with E-state index in [-0.39, 0.29) is 35.6 Å². The quantitative estimate of drug-likeness (QED) is 0.221. The molecule has 0 aliphatic carbocycles. The summed E-state index contributed by atoms with van der Waals surface area (Å²) in [4.78, 5) is 30.3. The van der Waals surface area contributed by atoms with E-state index in [9.17, 15) is 14.7 Å². The highest BCUT2D eigenvalue weighted by Crippen LogP contribution is 2.60. The van der Waals surface area contributed by atoms with Crippen molar-refractivity contribution in [1.29, 1.82) is 0 Å². The van der Waals surface area contributed by atoms with Crippen molar-refractivity contribution in [3.8, 4) is 11.4 Å². The van der Waals surface area contributed by atoms with Crippen molar-refractivity contribution in [3.63, 3.8) is 0 Å². The van der Waals surface area contributed by atoms with Gasteiger partial charge in [0.25, 0.3) is 11.5 Å². The normalized spacial score (nSPS) is 22.6. The van der Waals surface area contributed by atoms with Crippen molar-refractivity contribution in [1.82, 2.24) is 9.78 Å². The molecule has 2 aliphatic rings. The predicted molar refractivity (Wildman–Crippen MR) is 183 cm³/mol. The zero-order valence-electron chi connectivity index (χ0n) is 26.6. The lowest BCUT2D eigenvalue weighted by Crippen LogP contribution is -2.51. The van der Waals surface area contributed by atoms with Gasteiger partial charge in [0.05, 0.1) is 50.1 Å². The fraction of sp³-hybridized carbons (Fsp3) is 0.297.